The number of fused-ring (bicyclic) bond motifs is 1. The maximum absolute atomic E-state index is 6.39. The van der Waals surface area contributed by atoms with Crippen LogP contribution in [0.2, 0.25) is 0 Å². The number of ether oxygens (including phenoxy) is 2. The minimum atomic E-state index is -0.239. The van der Waals surface area contributed by atoms with E-state index in [0.29, 0.717) is 11.8 Å². The van der Waals surface area contributed by atoms with Gasteiger partial charge in [0.15, 0.2) is 6.23 Å². The molecule has 0 aromatic heterocycles. The van der Waals surface area contributed by atoms with Gasteiger partial charge in [-0.05, 0) is 36.6 Å². The molecule has 3 unspecified atom stereocenters. The Kier molecular flexibility index (Phi) is 7.17. The van der Waals surface area contributed by atoms with Crippen molar-refractivity contribution in [3.8, 4) is 11.5 Å². The van der Waals surface area contributed by atoms with E-state index in [1.165, 1.54) is 9.79 Å². The smallest absolute Gasteiger partial charge is 0.151 e. The molecular weight excluding hydrogens is 362 g/mol. The zero-order chi connectivity index (χ0) is 18.4. The van der Waals surface area contributed by atoms with Gasteiger partial charge in [-0.3, -0.25) is 5.73 Å². The molecule has 0 fully saturated rings. The van der Waals surface area contributed by atoms with E-state index >= 15 is 0 Å². The predicted molar refractivity (Wildman–Crippen MR) is 111 cm³/mol. The number of thioether (sulfide) groups is 2. The molecule has 5 heteroatoms. The van der Waals surface area contributed by atoms with Crippen molar-refractivity contribution >= 4 is 23.5 Å². The van der Waals surface area contributed by atoms with Crippen LogP contribution in [0.25, 0.3) is 0 Å². The highest BCUT2D eigenvalue weighted by molar-refractivity contribution is 7.99. The van der Waals surface area contributed by atoms with Crippen molar-refractivity contribution in [3.63, 3.8) is 0 Å². The molecule has 0 amide bonds. The van der Waals surface area contributed by atoms with E-state index in [-0.39, 0.29) is 6.23 Å². The number of methoxy groups -OCH3 is 1. The molecule has 0 spiro atoms. The number of benzene rings is 2. The Balaban J connectivity index is 1.59. The third kappa shape index (κ3) is 4.90. The second-order valence-corrected chi connectivity index (χ2v) is 8.70. The molecule has 26 heavy (non-hydrogen) atoms. The Bertz CT molecular complexity index is 710. The third-order valence-corrected chi connectivity index (χ3v) is 7.32. The first-order valence-corrected chi connectivity index (χ1v) is 11.1. The van der Waals surface area contributed by atoms with Gasteiger partial charge in [-0.2, -0.15) is 0 Å². The average molecular weight is 390 g/mol. The number of rotatable bonds is 7. The molecule has 2 N–H and O–H groups in total. The monoisotopic (exact) mass is 389 g/mol. The Hall–Kier alpha value is -1.30. The standard InChI is InChI=1S/C21H27NO2S2/c1-3-15(13-25-19-10-6-4-8-17(19)23-2)12-16-14-26-20-11-7-5-9-18(20)24-21(16)22/h4-11,15-16,21H,3,12-14,22H2,1-2H3. The van der Waals surface area contributed by atoms with Gasteiger partial charge in [0.05, 0.1) is 7.11 Å². The fourth-order valence-electron chi connectivity index (χ4n) is 3.13. The first-order chi connectivity index (χ1) is 12.7. The van der Waals surface area contributed by atoms with Gasteiger partial charge in [0.25, 0.3) is 0 Å². The molecule has 0 radical (unpaired) electrons. The molecule has 0 aliphatic carbocycles. The van der Waals surface area contributed by atoms with Gasteiger partial charge in [0.2, 0.25) is 0 Å². The third-order valence-electron chi connectivity index (χ3n) is 4.79. The van der Waals surface area contributed by atoms with Crippen molar-refractivity contribution in [1.29, 1.82) is 0 Å². The number of hydrogen-bond acceptors (Lipinski definition) is 5. The maximum atomic E-state index is 6.39. The quantitative estimate of drug-likeness (QED) is 0.652. The summed E-state index contributed by atoms with van der Waals surface area (Å²) >= 11 is 3.74. The molecule has 2 aromatic rings. The van der Waals surface area contributed by atoms with E-state index in [2.05, 4.69) is 31.2 Å². The van der Waals surface area contributed by atoms with Crippen molar-refractivity contribution in [3.05, 3.63) is 48.5 Å². The Morgan fingerprint density at radius 3 is 2.81 bits per heavy atom. The number of para-hydroxylation sites is 2. The minimum Gasteiger partial charge on any atom is -0.496 e. The van der Waals surface area contributed by atoms with Crippen LogP contribution in [0.4, 0.5) is 0 Å². The van der Waals surface area contributed by atoms with E-state index in [0.717, 1.165) is 35.8 Å². The molecule has 1 aliphatic rings. The van der Waals surface area contributed by atoms with Crippen LogP contribution >= 0.6 is 23.5 Å². The SMILES string of the molecule is CCC(CSc1ccccc1OC)CC1CSc2ccccc2OC1N. The average Bonchev–Trinajstić information content (AvgIpc) is 2.83. The van der Waals surface area contributed by atoms with E-state index < -0.39 is 0 Å². The lowest BCUT2D eigenvalue weighted by Crippen LogP contribution is -2.37. The molecule has 3 nitrogen and oxygen atoms in total. The van der Waals surface area contributed by atoms with Crippen LogP contribution in [0.1, 0.15) is 19.8 Å². The first-order valence-electron chi connectivity index (χ1n) is 9.11. The van der Waals surface area contributed by atoms with Crippen LogP contribution in [0.15, 0.2) is 58.3 Å². The second kappa shape index (κ2) is 9.58. The summed E-state index contributed by atoms with van der Waals surface area (Å²) in [5, 5.41) is 0. The highest BCUT2D eigenvalue weighted by atomic mass is 32.2. The summed E-state index contributed by atoms with van der Waals surface area (Å²) in [7, 11) is 1.73. The zero-order valence-electron chi connectivity index (χ0n) is 15.4. The molecule has 3 rings (SSSR count). The summed E-state index contributed by atoms with van der Waals surface area (Å²) < 4.78 is 11.5. The van der Waals surface area contributed by atoms with Crippen molar-refractivity contribution in [2.75, 3.05) is 18.6 Å². The summed E-state index contributed by atoms with van der Waals surface area (Å²) in [5.74, 6) is 4.91. The molecule has 0 saturated heterocycles. The summed E-state index contributed by atoms with van der Waals surface area (Å²) in [6.07, 6.45) is 1.99. The van der Waals surface area contributed by atoms with Crippen molar-refractivity contribution in [2.45, 2.75) is 35.8 Å². The Morgan fingerprint density at radius 2 is 2.00 bits per heavy atom. The number of nitrogens with two attached hydrogens (primary N) is 1. The van der Waals surface area contributed by atoms with E-state index in [9.17, 15) is 0 Å². The van der Waals surface area contributed by atoms with Crippen LogP contribution in [0.5, 0.6) is 11.5 Å². The fraction of sp³-hybridized carbons (Fsp3) is 0.429. The van der Waals surface area contributed by atoms with E-state index in [4.69, 9.17) is 15.2 Å². The summed E-state index contributed by atoms with van der Waals surface area (Å²) in [4.78, 5) is 2.40. The second-order valence-electron chi connectivity index (χ2n) is 6.57. The topological polar surface area (TPSA) is 44.5 Å². The van der Waals surface area contributed by atoms with Gasteiger partial charge >= 0.3 is 0 Å². The highest BCUT2D eigenvalue weighted by Gasteiger charge is 2.27. The van der Waals surface area contributed by atoms with Crippen LogP contribution in [0.3, 0.4) is 0 Å². The van der Waals surface area contributed by atoms with Crippen LogP contribution in [0, 0.1) is 11.8 Å². The molecular formula is C21H27NO2S2. The Labute approximate surface area is 165 Å². The van der Waals surface area contributed by atoms with Crippen molar-refractivity contribution < 1.29 is 9.47 Å². The van der Waals surface area contributed by atoms with Gasteiger partial charge in [-0.15, -0.1) is 23.5 Å². The lowest BCUT2D eigenvalue weighted by atomic mass is 9.94. The zero-order valence-corrected chi connectivity index (χ0v) is 17.0. The summed E-state index contributed by atoms with van der Waals surface area (Å²) in [5.41, 5.74) is 6.39. The number of hydrogen-bond donors (Lipinski definition) is 1. The lowest BCUT2D eigenvalue weighted by molar-refractivity contribution is 0.135. The van der Waals surface area contributed by atoms with Crippen LogP contribution < -0.4 is 15.2 Å². The van der Waals surface area contributed by atoms with Gasteiger partial charge in [0.1, 0.15) is 11.5 Å². The normalized spacial score (nSPS) is 20.6. The van der Waals surface area contributed by atoms with Crippen molar-refractivity contribution in [2.24, 2.45) is 17.6 Å². The maximum Gasteiger partial charge on any atom is 0.151 e. The van der Waals surface area contributed by atoms with Gasteiger partial charge in [-0.1, -0.05) is 37.6 Å². The molecule has 1 aliphatic heterocycles. The van der Waals surface area contributed by atoms with Crippen LogP contribution in [-0.2, 0) is 0 Å². The lowest BCUT2D eigenvalue weighted by Gasteiger charge is -2.25. The minimum absolute atomic E-state index is 0.239. The largest absolute Gasteiger partial charge is 0.496 e. The Morgan fingerprint density at radius 1 is 1.23 bits per heavy atom. The summed E-state index contributed by atoms with van der Waals surface area (Å²) in [6.45, 7) is 2.26. The molecule has 3 atom stereocenters. The van der Waals surface area contributed by atoms with Crippen molar-refractivity contribution in [1.82, 2.24) is 0 Å². The van der Waals surface area contributed by atoms with Gasteiger partial charge in [0, 0.05) is 27.2 Å². The van der Waals surface area contributed by atoms with E-state index in [1.54, 1.807) is 7.11 Å². The van der Waals surface area contributed by atoms with Crippen LogP contribution in [-0.4, -0.2) is 24.8 Å². The molecule has 0 saturated carbocycles. The molecule has 1 heterocycles. The summed E-state index contributed by atoms with van der Waals surface area (Å²) in [6, 6.07) is 16.4. The molecule has 140 valence electrons. The first kappa shape index (κ1) is 19.5. The predicted octanol–water partition coefficient (Wildman–Crippen LogP) is 5.29. The highest BCUT2D eigenvalue weighted by Crippen LogP contribution is 2.38. The van der Waals surface area contributed by atoms with Gasteiger partial charge < -0.3 is 9.47 Å². The van der Waals surface area contributed by atoms with E-state index in [1.807, 2.05) is 47.8 Å². The fourth-order valence-corrected chi connectivity index (χ4v) is 5.54. The molecule has 0 bridgehead atoms. The van der Waals surface area contributed by atoms with Gasteiger partial charge in [-0.25, -0.2) is 0 Å². The molecule has 2 aromatic carbocycles.